The van der Waals surface area contributed by atoms with Crippen molar-refractivity contribution in [3.8, 4) is 5.82 Å². The molecule has 0 radical (unpaired) electrons. The van der Waals surface area contributed by atoms with Crippen LogP contribution in [0, 0.1) is 0 Å². The standard InChI is InChI=1S/C16H22N6O2/c1-12(2)21-15(23)5-8-18-16(24)19-11-13-4-7-17-14(10-13)22-9-3-6-20-22/h3-4,6-7,9-10,12H,5,8,11H2,1-2H3,(H,21,23)(H2,18,19,24). The molecule has 0 aliphatic heterocycles. The molecular formula is C16H22N6O2. The van der Waals surface area contributed by atoms with Crippen LogP contribution < -0.4 is 16.0 Å². The smallest absolute Gasteiger partial charge is 0.315 e. The van der Waals surface area contributed by atoms with Gasteiger partial charge >= 0.3 is 6.03 Å². The Labute approximate surface area is 140 Å². The van der Waals surface area contributed by atoms with Gasteiger partial charge in [-0.2, -0.15) is 5.10 Å². The Balaban J connectivity index is 1.74. The average Bonchev–Trinajstić information content (AvgIpc) is 3.07. The predicted molar refractivity (Wildman–Crippen MR) is 89.5 cm³/mol. The minimum Gasteiger partial charge on any atom is -0.354 e. The maximum Gasteiger partial charge on any atom is 0.315 e. The van der Waals surface area contributed by atoms with Gasteiger partial charge in [0.15, 0.2) is 5.82 Å². The number of urea groups is 1. The Morgan fingerprint density at radius 1 is 1.25 bits per heavy atom. The third-order valence-electron chi connectivity index (χ3n) is 3.09. The van der Waals surface area contributed by atoms with Crippen molar-refractivity contribution in [1.82, 2.24) is 30.7 Å². The summed E-state index contributed by atoms with van der Waals surface area (Å²) in [7, 11) is 0. The minimum absolute atomic E-state index is 0.0803. The summed E-state index contributed by atoms with van der Waals surface area (Å²) in [5.41, 5.74) is 0.906. The van der Waals surface area contributed by atoms with E-state index in [1.807, 2.05) is 32.0 Å². The largest absolute Gasteiger partial charge is 0.354 e. The molecule has 0 saturated carbocycles. The maximum atomic E-state index is 11.7. The van der Waals surface area contributed by atoms with Gasteiger partial charge in [-0.15, -0.1) is 0 Å². The van der Waals surface area contributed by atoms with Crippen LogP contribution in [-0.4, -0.2) is 39.3 Å². The number of hydrogen-bond donors (Lipinski definition) is 3. The quantitative estimate of drug-likeness (QED) is 0.704. The van der Waals surface area contributed by atoms with Gasteiger partial charge in [0, 0.05) is 44.1 Å². The molecule has 0 spiro atoms. The molecule has 8 heteroatoms. The monoisotopic (exact) mass is 330 g/mol. The summed E-state index contributed by atoms with van der Waals surface area (Å²) in [4.78, 5) is 27.4. The second kappa shape index (κ2) is 8.66. The van der Waals surface area contributed by atoms with Crippen molar-refractivity contribution in [1.29, 1.82) is 0 Å². The molecule has 0 aliphatic rings. The molecule has 2 aromatic heterocycles. The molecule has 3 amide bonds. The van der Waals surface area contributed by atoms with Crippen LogP contribution in [0.3, 0.4) is 0 Å². The lowest BCUT2D eigenvalue weighted by Gasteiger charge is -2.10. The number of hydrogen-bond acceptors (Lipinski definition) is 4. The van der Waals surface area contributed by atoms with E-state index in [0.29, 0.717) is 18.9 Å². The summed E-state index contributed by atoms with van der Waals surface area (Å²) < 4.78 is 1.65. The van der Waals surface area contributed by atoms with E-state index in [1.165, 1.54) is 0 Å². The van der Waals surface area contributed by atoms with E-state index in [0.717, 1.165) is 5.56 Å². The van der Waals surface area contributed by atoms with Crippen LogP contribution in [0.5, 0.6) is 0 Å². The van der Waals surface area contributed by atoms with E-state index < -0.39 is 0 Å². The van der Waals surface area contributed by atoms with Crippen LogP contribution >= 0.6 is 0 Å². The van der Waals surface area contributed by atoms with Gasteiger partial charge < -0.3 is 16.0 Å². The van der Waals surface area contributed by atoms with Crippen molar-refractivity contribution in [3.63, 3.8) is 0 Å². The molecule has 0 saturated heterocycles. The summed E-state index contributed by atoms with van der Waals surface area (Å²) in [5.74, 6) is 0.605. The second-order valence-electron chi connectivity index (χ2n) is 5.55. The fourth-order valence-corrected chi connectivity index (χ4v) is 2.03. The summed E-state index contributed by atoms with van der Waals surface area (Å²) in [6.45, 7) is 4.44. The highest BCUT2D eigenvalue weighted by Crippen LogP contribution is 2.05. The Hall–Kier alpha value is -2.90. The highest BCUT2D eigenvalue weighted by atomic mass is 16.2. The lowest BCUT2D eigenvalue weighted by Crippen LogP contribution is -2.38. The number of rotatable bonds is 7. The molecule has 0 aliphatic carbocycles. The Kier molecular flexibility index (Phi) is 6.30. The van der Waals surface area contributed by atoms with Gasteiger partial charge in [-0.05, 0) is 37.6 Å². The van der Waals surface area contributed by atoms with E-state index in [9.17, 15) is 9.59 Å². The second-order valence-corrected chi connectivity index (χ2v) is 5.55. The SMILES string of the molecule is CC(C)NC(=O)CCNC(=O)NCc1ccnc(-n2cccn2)c1. The third kappa shape index (κ3) is 5.71. The van der Waals surface area contributed by atoms with Crippen molar-refractivity contribution >= 4 is 11.9 Å². The molecule has 0 aromatic carbocycles. The maximum absolute atomic E-state index is 11.7. The molecule has 24 heavy (non-hydrogen) atoms. The number of aromatic nitrogens is 3. The summed E-state index contributed by atoms with van der Waals surface area (Å²) in [6.07, 6.45) is 5.40. The number of carbonyl (C=O) groups is 2. The van der Waals surface area contributed by atoms with Gasteiger partial charge in [0.25, 0.3) is 0 Å². The van der Waals surface area contributed by atoms with Crippen LogP contribution in [0.1, 0.15) is 25.8 Å². The minimum atomic E-state index is -0.315. The van der Waals surface area contributed by atoms with Gasteiger partial charge in [-0.3, -0.25) is 4.79 Å². The van der Waals surface area contributed by atoms with Crippen LogP contribution in [0.15, 0.2) is 36.8 Å². The van der Waals surface area contributed by atoms with Crippen molar-refractivity contribution in [2.75, 3.05) is 6.54 Å². The molecule has 0 unspecified atom stereocenters. The van der Waals surface area contributed by atoms with E-state index in [4.69, 9.17) is 0 Å². The first-order chi connectivity index (χ1) is 11.5. The number of nitrogens with one attached hydrogen (secondary N) is 3. The first kappa shape index (κ1) is 17.5. The predicted octanol–water partition coefficient (Wildman–Crippen LogP) is 0.981. The van der Waals surface area contributed by atoms with Gasteiger partial charge in [0.05, 0.1) is 0 Å². The van der Waals surface area contributed by atoms with Gasteiger partial charge in [0.1, 0.15) is 0 Å². The number of pyridine rings is 1. The first-order valence-corrected chi connectivity index (χ1v) is 7.80. The Morgan fingerprint density at radius 2 is 2.08 bits per heavy atom. The molecular weight excluding hydrogens is 308 g/mol. The molecule has 2 aromatic rings. The van der Waals surface area contributed by atoms with Crippen molar-refractivity contribution in [2.45, 2.75) is 32.9 Å². The molecule has 0 fully saturated rings. The van der Waals surface area contributed by atoms with E-state index in [-0.39, 0.29) is 24.4 Å². The number of nitrogens with zero attached hydrogens (tertiary/aromatic N) is 3. The van der Waals surface area contributed by atoms with E-state index in [1.54, 1.807) is 23.3 Å². The third-order valence-corrected chi connectivity index (χ3v) is 3.09. The molecule has 3 N–H and O–H groups in total. The Bertz CT molecular complexity index is 669. The lowest BCUT2D eigenvalue weighted by molar-refractivity contribution is -0.121. The molecule has 0 atom stereocenters. The fourth-order valence-electron chi connectivity index (χ4n) is 2.03. The Morgan fingerprint density at radius 3 is 2.79 bits per heavy atom. The van der Waals surface area contributed by atoms with Gasteiger partial charge in [-0.25, -0.2) is 14.5 Å². The zero-order chi connectivity index (χ0) is 17.4. The molecule has 128 valence electrons. The molecule has 2 rings (SSSR count). The fraction of sp³-hybridized carbons (Fsp3) is 0.375. The van der Waals surface area contributed by atoms with Crippen LogP contribution in [0.25, 0.3) is 5.82 Å². The first-order valence-electron chi connectivity index (χ1n) is 7.80. The van der Waals surface area contributed by atoms with E-state index in [2.05, 4.69) is 26.0 Å². The normalized spacial score (nSPS) is 10.5. The topological polar surface area (TPSA) is 101 Å². The number of carbonyl (C=O) groups excluding carboxylic acids is 2. The molecule has 8 nitrogen and oxygen atoms in total. The highest BCUT2D eigenvalue weighted by molar-refractivity contribution is 5.78. The molecule has 0 bridgehead atoms. The summed E-state index contributed by atoms with van der Waals surface area (Å²) >= 11 is 0. The zero-order valence-electron chi connectivity index (χ0n) is 13.8. The highest BCUT2D eigenvalue weighted by Gasteiger charge is 2.06. The zero-order valence-corrected chi connectivity index (χ0v) is 13.8. The van der Waals surface area contributed by atoms with Gasteiger partial charge in [-0.1, -0.05) is 0 Å². The summed E-state index contributed by atoms with van der Waals surface area (Å²) in [5, 5.41) is 12.3. The lowest BCUT2D eigenvalue weighted by atomic mass is 10.2. The molecule has 2 heterocycles. The van der Waals surface area contributed by atoms with Crippen molar-refractivity contribution < 1.29 is 9.59 Å². The number of amides is 3. The average molecular weight is 330 g/mol. The van der Waals surface area contributed by atoms with Crippen LogP contribution in [-0.2, 0) is 11.3 Å². The van der Waals surface area contributed by atoms with Crippen molar-refractivity contribution in [3.05, 3.63) is 42.4 Å². The summed E-state index contributed by atoms with van der Waals surface area (Å²) in [6, 6.07) is 5.27. The van der Waals surface area contributed by atoms with Crippen LogP contribution in [0.4, 0.5) is 4.79 Å². The van der Waals surface area contributed by atoms with Gasteiger partial charge in [0.2, 0.25) is 5.91 Å². The van der Waals surface area contributed by atoms with Crippen molar-refractivity contribution in [2.24, 2.45) is 0 Å². The van der Waals surface area contributed by atoms with Crippen LogP contribution in [0.2, 0.25) is 0 Å². The van der Waals surface area contributed by atoms with E-state index >= 15 is 0 Å².